The Hall–Kier alpha value is -1.02. The van der Waals surface area contributed by atoms with Crippen LogP contribution in [0.3, 0.4) is 0 Å². The van der Waals surface area contributed by atoms with Crippen LogP contribution in [-0.2, 0) is 0 Å². The van der Waals surface area contributed by atoms with E-state index in [1.54, 1.807) is 7.11 Å². The molecule has 2 nitrogen and oxygen atoms in total. The number of aryl methyl sites for hydroxylation is 2. The summed E-state index contributed by atoms with van der Waals surface area (Å²) in [6.45, 7) is 6.57. The first-order valence-electron chi connectivity index (χ1n) is 6.45. The van der Waals surface area contributed by atoms with Gasteiger partial charge in [0.1, 0.15) is 5.75 Å². The van der Waals surface area contributed by atoms with Gasteiger partial charge in [-0.15, -0.1) is 0 Å². The molecule has 0 radical (unpaired) electrons. The molecule has 0 aliphatic heterocycles. The summed E-state index contributed by atoms with van der Waals surface area (Å²) in [5.41, 5.74) is 10.1. The van der Waals surface area contributed by atoms with Gasteiger partial charge in [-0.05, 0) is 61.3 Å². The van der Waals surface area contributed by atoms with Crippen LogP contribution in [0.2, 0.25) is 0 Å². The van der Waals surface area contributed by atoms with Crippen molar-refractivity contribution in [2.45, 2.75) is 45.6 Å². The topological polar surface area (TPSA) is 35.2 Å². The van der Waals surface area contributed by atoms with E-state index in [0.29, 0.717) is 17.9 Å². The van der Waals surface area contributed by atoms with Gasteiger partial charge in [-0.3, -0.25) is 0 Å². The minimum absolute atomic E-state index is 0.363. The van der Waals surface area contributed by atoms with E-state index in [2.05, 4.69) is 32.9 Å². The fourth-order valence-electron chi connectivity index (χ4n) is 3.07. The molecule has 0 amide bonds. The van der Waals surface area contributed by atoms with Gasteiger partial charge in [0, 0.05) is 6.04 Å². The highest BCUT2D eigenvalue weighted by molar-refractivity contribution is 5.43. The summed E-state index contributed by atoms with van der Waals surface area (Å²) in [5, 5.41) is 0. The number of hydrogen-bond donors (Lipinski definition) is 1. The SMILES string of the molecule is COc1cc(C)c(C2CCC(N)C2C)cc1C. The summed E-state index contributed by atoms with van der Waals surface area (Å²) >= 11 is 0. The van der Waals surface area contributed by atoms with E-state index in [1.165, 1.54) is 23.1 Å². The Labute approximate surface area is 104 Å². The molecule has 0 saturated heterocycles. The van der Waals surface area contributed by atoms with Gasteiger partial charge in [0.05, 0.1) is 7.11 Å². The first-order chi connectivity index (χ1) is 8.04. The molecule has 1 aromatic rings. The quantitative estimate of drug-likeness (QED) is 0.851. The van der Waals surface area contributed by atoms with E-state index in [1.807, 2.05) is 0 Å². The molecule has 0 spiro atoms. The molecule has 1 aliphatic rings. The van der Waals surface area contributed by atoms with Crippen molar-refractivity contribution in [2.24, 2.45) is 11.7 Å². The van der Waals surface area contributed by atoms with Gasteiger partial charge in [-0.25, -0.2) is 0 Å². The average molecular weight is 233 g/mol. The van der Waals surface area contributed by atoms with Crippen molar-refractivity contribution in [3.63, 3.8) is 0 Å². The molecule has 2 rings (SSSR count). The molecule has 1 aromatic carbocycles. The lowest BCUT2D eigenvalue weighted by molar-refractivity contribution is 0.410. The summed E-state index contributed by atoms with van der Waals surface area (Å²) < 4.78 is 5.37. The van der Waals surface area contributed by atoms with Gasteiger partial charge >= 0.3 is 0 Å². The summed E-state index contributed by atoms with van der Waals surface area (Å²) in [6, 6.07) is 4.80. The molecule has 2 heteroatoms. The summed E-state index contributed by atoms with van der Waals surface area (Å²) in [4.78, 5) is 0. The highest BCUT2D eigenvalue weighted by atomic mass is 16.5. The van der Waals surface area contributed by atoms with E-state index in [9.17, 15) is 0 Å². The van der Waals surface area contributed by atoms with Crippen LogP contribution >= 0.6 is 0 Å². The first kappa shape index (κ1) is 12.4. The fraction of sp³-hybridized carbons (Fsp3) is 0.600. The van der Waals surface area contributed by atoms with Gasteiger partial charge in [-0.2, -0.15) is 0 Å². The van der Waals surface area contributed by atoms with Crippen LogP contribution in [0.5, 0.6) is 5.75 Å². The fourth-order valence-corrected chi connectivity index (χ4v) is 3.07. The average Bonchev–Trinajstić information content (AvgIpc) is 2.63. The minimum Gasteiger partial charge on any atom is -0.496 e. The first-order valence-corrected chi connectivity index (χ1v) is 6.45. The lowest BCUT2D eigenvalue weighted by Crippen LogP contribution is -2.24. The molecule has 1 fully saturated rings. The van der Waals surface area contributed by atoms with E-state index in [4.69, 9.17) is 10.5 Å². The Morgan fingerprint density at radius 2 is 1.88 bits per heavy atom. The Kier molecular flexibility index (Phi) is 3.43. The Balaban J connectivity index is 2.36. The predicted molar refractivity (Wildman–Crippen MR) is 71.6 cm³/mol. The van der Waals surface area contributed by atoms with E-state index < -0.39 is 0 Å². The lowest BCUT2D eigenvalue weighted by Gasteiger charge is -2.21. The van der Waals surface area contributed by atoms with Gasteiger partial charge in [-0.1, -0.05) is 13.0 Å². The minimum atomic E-state index is 0.363. The number of rotatable bonds is 2. The highest BCUT2D eigenvalue weighted by Crippen LogP contribution is 2.41. The van der Waals surface area contributed by atoms with Crippen LogP contribution in [0.25, 0.3) is 0 Å². The number of nitrogens with two attached hydrogens (primary N) is 1. The van der Waals surface area contributed by atoms with Crippen LogP contribution in [-0.4, -0.2) is 13.2 Å². The van der Waals surface area contributed by atoms with E-state index in [0.717, 1.165) is 12.2 Å². The molecule has 94 valence electrons. The Bertz CT molecular complexity index is 414. The standard InChI is InChI=1S/C15H23NO/c1-9-8-15(17-4)10(2)7-13(9)12-5-6-14(16)11(12)3/h7-8,11-12,14H,5-6,16H2,1-4H3. The maximum Gasteiger partial charge on any atom is 0.122 e. The smallest absolute Gasteiger partial charge is 0.122 e. The second-order valence-electron chi connectivity index (χ2n) is 5.39. The zero-order valence-corrected chi connectivity index (χ0v) is 11.3. The van der Waals surface area contributed by atoms with Gasteiger partial charge in [0.2, 0.25) is 0 Å². The van der Waals surface area contributed by atoms with Crippen molar-refractivity contribution in [3.05, 3.63) is 28.8 Å². The zero-order valence-electron chi connectivity index (χ0n) is 11.3. The van der Waals surface area contributed by atoms with Crippen LogP contribution in [0.4, 0.5) is 0 Å². The Morgan fingerprint density at radius 1 is 1.18 bits per heavy atom. The molecule has 0 aromatic heterocycles. The van der Waals surface area contributed by atoms with Gasteiger partial charge in [0.25, 0.3) is 0 Å². The van der Waals surface area contributed by atoms with Crippen molar-refractivity contribution in [1.82, 2.24) is 0 Å². The largest absolute Gasteiger partial charge is 0.496 e. The normalized spacial score (nSPS) is 28.4. The van der Waals surface area contributed by atoms with Crippen molar-refractivity contribution >= 4 is 0 Å². The third-order valence-electron chi connectivity index (χ3n) is 4.30. The summed E-state index contributed by atoms with van der Waals surface area (Å²) in [5.74, 6) is 2.19. The number of benzene rings is 1. The number of methoxy groups -OCH3 is 1. The third-order valence-corrected chi connectivity index (χ3v) is 4.30. The number of ether oxygens (including phenoxy) is 1. The second-order valence-corrected chi connectivity index (χ2v) is 5.39. The molecule has 3 atom stereocenters. The zero-order chi connectivity index (χ0) is 12.6. The molecule has 0 bridgehead atoms. The van der Waals surface area contributed by atoms with Crippen LogP contribution in [0, 0.1) is 19.8 Å². The predicted octanol–water partition coefficient (Wildman–Crippen LogP) is 3.15. The van der Waals surface area contributed by atoms with Crippen LogP contribution < -0.4 is 10.5 Å². The van der Waals surface area contributed by atoms with Crippen molar-refractivity contribution in [2.75, 3.05) is 7.11 Å². The molecular weight excluding hydrogens is 210 g/mol. The summed E-state index contributed by atoms with van der Waals surface area (Å²) in [6.07, 6.45) is 2.37. The molecule has 3 unspecified atom stereocenters. The van der Waals surface area contributed by atoms with E-state index >= 15 is 0 Å². The van der Waals surface area contributed by atoms with Crippen molar-refractivity contribution in [3.8, 4) is 5.75 Å². The maximum absolute atomic E-state index is 6.13. The van der Waals surface area contributed by atoms with Crippen molar-refractivity contribution < 1.29 is 4.74 Å². The van der Waals surface area contributed by atoms with E-state index in [-0.39, 0.29) is 0 Å². The molecule has 17 heavy (non-hydrogen) atoms. The lowest BCUT2D eigenvalue weighted by atomic mass is 9.85. The monoisotopic (exact) mass is 233 g/mol. The van der Waals surface area contributed by atoms with Gasteiger partial charge < -0.3 is 10.5 Å². The number of hydrogen-bond acceptors (Lipinski definition) is 2. The summed E-state index contributed by atoms with van der Waals surface area (Å²) in [7, 11) is 1.73. The van der Waals surface area contributed by atoms with Crippen molar-refractivity contribution in [1.29, 1.82) is 0 Å². The molecular formula is C15H23NO. The Morgan fingerprint density at radius 3 is 2.41 bits per heavy atom. The molecule has 1 aliphatic carbocycles. The van der Waals surface area contributed by atoms with Crippen LogP contribution in [0.1, 0.15) is 42.4 Å². The highest BCUT2D eigenvalue weighted by Gasteiger charge is 2.32. The third kappa shape index (κ3) is 2.19. The van der Waals surface area contributed by atoms with Gasteiger partial charge in [0.15, 0.2) is 0 Å². The molecule has 1 saturated carbocycles. The van der Waals surface area contributed by atoms with Crippen LogP contribution in [0.15, 0.2) is 12.1 Å². The molecule has 0 heterocycles. The maximum atomic E-state index is 6.13. The molecule has 2 N–H and O–H groups in total. The second kappa shape index (κ2) is 4.69.